The van der Waals surface area contributed by atoms with Crippen LogP contribution < -0.4 is 10.5 Å². The van der Waals surface area contributed by atoms with Gasteiger partial charge in [0.2, 0.25) is 5.91 Å². The van der Waals surface area contributed by atoms with E-state index in [1.807, 2.05) is 26.0 Å². The summed E-state index contributed by atoms with van der Waals surface area (Å²) < 4.78 is 20.4. The minimum absolute atomic E-state index is 0.0352. The Morgan fingerprint density at radius 1 is 1.24 bits per heavy atom. The third kappa shape index (κ3) is 3.61. The van der Waals surface area contributed by atoms with E-state index in [4.69, 9.17) is 10.5 Å². The molecule has 0 bridgehead atoms. The summed E-state index contributed by atoms with van der Waals surface area (Å²) in [5.41, 5.74) is 7.82. The molecule has 0 saturated carbocycles. The van der Waals surface area contributed by atoms with Gasteiger partial charge in [0.05, 0.1) is 0 Å². The van der Waals surface area contributed by atoms with Crippen LogP contribution in [0.15, 0.2) is 34.8 Å². The SMILES string of the molecule is Cc1cc(OCc2cc(C(N)=O)ccc2F)cc(C)c1Br. The Bertz CT molecular complexity index is 678. The first-order valence-electron chi connectivity index (χ1n) is 6.36. The lowest BCUT2D eigenvalue weighted by Gasteiger charge is -2.11. The molecule has 2 rings (SSSR count). The molecule has 110 valence electrons. The van der Waals surface area contributed by atoms with Gasteiger partial charge in [-0.2, -0.15) is 0 Å². The molecular formula is C16H15BrFNO2. The van der Waals surface area contributed by atoms with Gasteiger partial charge in [-0.05, 0) is 55.3 Å². The number of nitrogens with two attached hydrogens (primary N) is 1. The maximum Gasteiger partial charge on any atom is 0.248 e. The van der Waals surface area contributed by atoms with E-state index >= 15 is 0 Å². The molecule has 2 aromatic carbocycles. The average Bonchev–Trinajstić information content (AvgIpc) is 2.43. The van der Waals surface area contributed by atoms with E-state index in [2.05, 4.69) is 15.9 Å². The second-order valence-corrected chi connectivity index (χ2v) is 5.62. The number of amides is 1. The standard InChI is InChI=1S/C16H15BrFNO2/c1-9-5-13(6-10(2)15(9)17)21-8-12-7-11(16(19)20)3-4-14(12)18/h3-7H,8H2,1-2H3,(H2,19,20). The number of ether oxygens (including phenoxy) is 1. The van der Waals surface area contributed by atoms with Gasteiger partial charge in [-0.3, -0.25) is 4.79 Å². The highest BCUT2D eigenvalue weighted by Gasteiger charge is 2.09. The van der Waals surface area contributed by atoms with Gasteiger partial charge in [0.15, 0.2) is 0 Å². The van der Waals surface area contributed by atoms with Crippen LogP contribution in [-0.4, -0.2) is 5.91 Å². The van der Waals surface area contributed by atoms with Crippen LogP contribution >= 0.6 is 15.9 Å². The first-order chi connectivity index (χ1) is 9.88. The number of hydrogen-bond acceptors (Lipinski definition) is 2. The minimum Gasteiger partial charge on any atom is -0.489 e. The number of aryl methyl sites for hydroxylation is 2. The van der Waals surface area contributed by atoms with Crippen molar-refractivity contribution < 1.29 is 13.9 Å². The molecule has 5 heteroatoms. The smallest absolute Gasteiger partial charge is 0.248 e. The van der Waals surface area contributed by atoms with Crippen molar-refractivity contribution in [2.45, 2.75) is 20.5 Å². The maximum atomic E-state index is 13.7. The molecule has 0 radical (unpaired) electrons. The second-order valence-electron chi connectivity index (χ2n) is 4.83. The van der Waals surface area contributed by atoms with Crippen LogP contribution in [0.5, 0.6) is 5.75 Å². The van der Waals surface area contributed by atoms with E-state index in [-0.39, 0.29) is 12.2 Å². The Kier molecular flexibility index (Phi) is 4.63. The third-order valence-electron chi connectivity index (χ3n) is 3.13. The zero-order valence-corrected chi connectivity index (χ0v) is 13.3. The van der Waals surface area contributed by atoms with Crippen LogP contribution in [0.25, 0.3) is 0 Å². The summed E-state index contributed by atoms with van der Waals surface area (Å²) in [6.45, 7) is 3.95. The summed E-state index contributed by atoms with van der Waals surface area (Å²) >= 11 is 3.48. The van der Waals surface area contributed by atoms with Crippen LogP contribution in [0.3, 0.4) is 0 Å². The Morgan fingerprint density at radius 3 is 2.43 bits per heavy atom. The lowest BCUT2D eigenvalue weighted by atomic mass is 10.1. The summed E-state index contributed by atoms with van der Waals surface area (Å²) in [4.78, 5) is 11.1. The number of carbonyl (C=O) groups excluding carboxylic acids is 1. The Morgan fingerprint density at radius 2 is 1.86 bits per heavy atom. The summed E-state index contributed by atoms with van der Waals surface area (Å²) in [5, 5.41) is 0. The van der Waals surface area contributed by atoms with Crippen LogP contribution in [-0.2, 0) is 6.61 Å². The van der Waals surface area contributed by atoms with E-state index in [0.29, 0.717) is 11.3 Å². The lowest BCUT2D eigenvalue weighted by molar-refractivity contribution is 0.1000. The Balaban J connectivity index is 2.20. The van der Waals surface area contributed by atoms with Crippen molar-refractivity contribution in [2.75, 3.05) is 0 Å². The molecule has 0 aliphatic carbocycles. The number of primary amides is 1. The first kappa shape index (κ1) is 15.5. The molecule has 0 fully saturated rings. The van der Waals surface area contributed by atoms with Crippen LogP contribution in [0.4, 0.5) is 4.39 Å². The molecule has 0 heterocycles. The number of halogens is 2. The van der Waals surface area contributed by atoms with E-state index in [1.165, 1.54) is 18.2 Å². The topological polar surface area (TPSA) is 52.3 Å². The molecule has 1 amide bonds. The predicted octanol–water partition coefficient (Wildman–Crippen LogP) is 3.88. The summed E-state index contributed by atoms with van der Waals surface area (Å²) in [5.74, 6) is -0.366. The number of rotatable bonds is 4. The molecule has 3 nitrogen and oxygen atoms in total. The number of carbonyl (C=O) groups is 1. The predicted molar refractivity (Wildman–Crippen MR) is 82.9 cm³/mol. The molecule has 0 aliphatic rings. The van der Waals surface area contributed by atoms with E-state index in [0.717, 1.165) is 15.6 Å². The van der Waals surface area contributed by atoms with E-state index in [9.17, 15) is 9.18 Å². The Hall–Kier alpha value is -1.88. The summed E-state index contributed by atoms with van der Waals surface area (Å²) in [6.07, 6.45) is 0. The number of hydrogen-bond donors (Lipinski definition) is 1. The summed E-state index contributed by atoms with van der Waals surface area (Å²) in [7, 11) is 0. The number of benzene rings is 2. The largest absolute Gasteiger partial charge is 0.489 e. The fourth-order valence-corrected chi connectivity index (χ4v) is 2.22. The molecule has 2 aromatic rings. The first-order valence-corrected chi connectivity index (χ1v) is 7.15. The summed E-state index contributed by atoms with van der Waals surface area (Å²) in [6, 6.07) is 7.72. The van der Waals surface area contributed by atoms with Crippen LogP contribution in [0, 0.1) is 19.7 Å². The van der Waals surface area contributed by atoms with Gasteiger partial charge < -0.3 is 10.5 Å². The molecular weight excluding hydrogens is 337 g/mol. The zero-order valence-electron chi connectivity index (χ0n) is 11.7. The highest BCUT2D eigenvalue weighted by Crippen LogP contribution is 2.27. The van der Waals surface area contributed by atoms with Gasteiger partial charge in [-0.25, -0.2) is 4.39 Å². The molecule has 0 aliphatic heterocycles. The zero-order chi connectivity index (χ0) is 15.6. The lowest BCUT2D eigenvalue weighted by Crippen LogP contribution is -2.12. The monoisotopic (exact) mass is 351 g/mol. The molecule has 0 aromatic heterocycles. The maximum absolute atomic E-state index is 13.7. The molecule has 0 unspecified atom stereocenters. The molecule has 21 heavy (non-hydrogen) atoms. The minimum atomic E-state index is -0.591. The van der Waals surface area contributed by atoms with Crippen molar-refractivity contribution in [1.29, 1.82) is 0 Å². The normalized spacial score (nSPS) is 10.5. The van der Waals surface area contributed by atoms with Crippen molar-refractivity contribution >= 4 is 21.8 Å². The highest BCUT2D eigenvalue weighted by atomic mass is 79.9. The van der Waals surface area contributed by atoms with Crippen molar-refractivity contribution in [2.24, 2.45) is 5.73 Å². The van der Waals surface area contributed by atoms with E-state index in [1.54, 1.807) is 0 Å². The van der Waals surface area contributed by atoms with Crippen LogP contribution in [0.2, 0.25) is 0 Å². The van der Waals surface area contributed by atoms with Crippen molar-refractivity contribution in [1.82, 2.24) is 0 Å². The molecule has 0 saturated heterocycles. The van der Waals surface area contributed by atoms with Crippen molar-refractivity contribution in [3.05, 3.63) is 62.9 Å². The third-order valence-corrected chi connectivity index (χ3v) is 4.39. The van der Waals surface area contributed by atoms with Gasteiger partial charge in [0.1, 0.15) is 18.2 Å². The molecule has 0 atom stereocenters. The molecule has 0 spiro atoms. The fourth-order valence-electron chi connectivity index (χ4n) is 1.99. The Labute approximate surface area is 131 Å². The van der Waals surface area contributed by atoms with Gasteiger partial charge >= 0.3 is 0 Å². The van der Waals surface area contributed by atoms with E-state index < -0.39 is 11.7 Å². The average molecular weight is 352 g/mol. The van der Waals surface area contributed by atoms with Gasteiger partial charge in [0, 0.05) is 15.6 Å². The molecule has 2 N–H and O–H groups in total. The fraction of sp³-hybridized carbons (Fsp3) is 0.188. The van der Waals surface area contributed by atoms with Crippen molar-refractivity contribution in [3.63, 3.8) is 0 Å². The van der Waals surface area contributed by atoms with Crippen molar-refractivity contribution in [3.8, 4) is 5.75 Å². The van der Waals surface area contributed by atoms with Crippen LogP contribution in [0.1, 0.15) is 27.0 Å². The van der Waals surface area contributed by atoms with Gasteiger partial charge in [-0.15, -0.1) is 0 Å². The quantitative estimate of drug-likeness (QED) is 0.908. The highest BCUT2D eigenvalue weighted by molar-refractivity contribution is 9.10. The second kappa shape index (κ2) is 6.26. The van der Waals surface area contributed by atoms with Gasteiger partial charge in [-0.1, -0.05) is 15.9 Å². The van der Waals surface area contributed by atoms with Gasteiger partial charge in [0.25, 0.3) is 0 Å².